The summed E-state index contributed by atoms with van der Waals surface area (Å²) < 4.78 is 41.7. The highest BCUT2D eigenvalue weighted by molar-refractivity contribution is 7.92. The van der Waals surface area contributed by atoms with E-state index in [1.165, 1.54) is 22.5 Å². The van der Waals surface area contributed by atoms with Crippen LogP contribution in [0.1, 0.15) is 24.6 Å². The van der Waals surface area contributed by atoms with Crippen LogP contribution in [0.25, 0.3) is 0 Å². The molecule has 0 bridgehead atoms. The Balaban J connectivity index is 1.72. The van der Waals surface area contributed by atoms with E-state index in [0.717, 1.165) is 37.7 Å². The lowest BCUT2D eigenvalue weighted by Gasteiger charge is -2.34. The fraction of sp³-hybridized carbons (Fsp3) is 0.389. The van der Waals surface area contributed by atoms with Gasteiger partial charge in [-0.05, 0) is 37.1 Å². The fourth-order valence-corrected chi connectivity index (χ4v) is 5.29. The van der Waals surface area contributed by atoms with E-state index in [1.54, 1.807) is 18.3 Å². The molecule has 8 heteroatoms. The van der Waals surface area contributed by atoms with Crippen molar-refractivity contribution < 1.29 is 12.8 Å². The summed E-state index contributed by atoms with van der Waals surface area (Å²) in [5, 5.41) is 0. The highest BCUT2D eigenvalue weighted by Gasteiger charge is 2.41. The number of halogens is 1. The monoisotopic (exact) mass is 376 g/mol. The van der Waals surface area contributed by atoms with Crippen LogP contribution in [-0.2, 0) is 10.0 Å². The molecule has 0 saturated carbocycles. The van der Waals surface area contributed by atoms with Crippen molar-refractivity contribution in [1.82, 2.24) is 9.88 Å². The van der Waals surface area contributed by atoms with Gasteiger partial charge < -0.3 is 5.73 Å². The quantitative estimate of drug-likeness (QED) is 0.885. The molecule has 1 aromatic carbocycles. The van der Waals surface area contributed by atoms with Gasteiger partial charge in [-0.15, -0.1) is 0 Å². The minimum absolute atomic E-state index is 0.139. The van der Waals surface area contributed by atoms with Crippen LogP contribution in [0.4, 0.5) is 10.1 Å². The Hall–Kier alpha value is -2.03. The zero-order valence-electron chi connectivity index (χ0n) is 14.3. The largest absolute Gasteiger partial charge is 0.328 e. The fourth-order valence-electron chi connectivity index (χ4n) is 3.74. The zero-order valence-corrected chi connectivity index (χ0v) is 15.1. The molecule has 0 radical (unpaired) electrons. The number of anilines is 1. The van der Waals surface area contributed by atoms with Crippen LogP contribution in [0.2, 0.25) is 0 Å². The van der Waals surface area contributed by atoms with E-state index in [0.29, 0.717) is 5.69 Å². The summed E-state index contributed by atoms with van der Waals surface area (Å²) in [6.45, 7) is 1.84. The van der Waals surface area contributed by atoms with Gasteiger partial charge in [-0.3, -0.25) is 14.2 Å². The first-order valence-corrected chi connectivity index (χ1v) is 10.1. The van der Waals surface area contributed by atoms with Gasteiger partial charge in [0, 0.05) is 25.3 Å². The molecule has 1 saturated heterocycles. The zero-order chi connectivity index (χ0) is 18.3. The van der Waals surface area contributed by atoms with Crippen LogP contribution in [0.3, 0.4) is 0 Å². The molecule has 4 rings (SSSR count). The molecule has 138 valence electrons. The molecule has 0 aliphatic carbocycles. The van der Waals surface area contributed by atoms with Crippen molar-refractivity contribution in [2.24, 2.45) is 5.73 Å². The molecule has 26 heavy (non-hydrogen) atoms. The molecule has 0 spiro atoms. The highest BCUT2D eigenvalue weighted by atomic mass is 32.2. The van der Waals surface area contributed by atoms with Crippen LogP contribution in [-0.4, -0.2) is 44.0 Å². The second-order valence-corrected chi connectivity index (χ2v) is 8.59. The summed E-state index contributed by atoms with van der Waals surface area (Å²) in [6.07, 6.45) is 3.41. The summed E-state index contributed by atoms with van der Waals surface area (Å²) in [5.74, 6) is -0.745. The number of rotatable bonds is 3. The van der Waals surface area contributed by atoms with E-state index in [4.69, 9.17) is 5.73 Å². The lowest BCUT2D eigenvalue weighted by molar-refractivity contribution is 0.160. The Labute approximate surface area is 152 Å². The summed E-state index contributed by atoms with van der Waals surface area (Å²) in [5.41, 5.74) is 7.24. The van der Waals surface area contributed by atoms with Gasteiger partial charge in [0.2, 0.25) is 0 Å². The van der Waals surface area contributed by atoms with E-state index >= 15 is 0 Å². The SMILES string of the molecule is NC1CCN(C2CN(S(=O)(=O)c3ccccc3F)c3cccnc32)CC1. The molecule has 1 fully saturated rings. The third kappa shape index (κ3) is 2.87. The van der Waals surface area contributed by atoms with Crippen LogP contribution in [0, 0.1) is 5.82 Å². The number of pyridine rings is 1. The maximum absolute atomic E-state index is 14.2. The Morgan fingerprint density at radius 2 is 1.85 bits per heavy atom. The third-order valence-electron chi connectivity index (χ3n) is 5.16. The van der Waals surface area contributed by atoms with Crippen molar-refractivity contribution in [3.05, 3.63) is 54.1 Å². The number of likely N-dealkylation sites (tertiary alicyclic amines) is 1. The second kappa shape index (κ2) is 6.61. The molecule has 1 aromatic heterocycles. The Kier molecular flexibility index (Phi) is 4.42. The van der Waals surface area contributed by atoms with Gasteiger partial charge in [0.05, 0.1) is 24.0 Å². The average molecular weight is 376 g/mol. The Morgan fingerprint density at radius 1 is 1.12 bits per heavy atom. The summed E-state index contributed by atoms with van der Waals surface area (Å²) in [6, 6.07) is 8.96. The molecule has 6 nitrogen and oxygen atoms in total. The molecule has 0 amide bonds. The number of fused-ring (bicyclic) bond motifs is 1. The highest BCUT2D eigenvalue weighted by Crippen LogP contribution is 2.40. The maximum atomic E-state index is 14.2. The van der Waals surface area contributed by atoms with Crippen LogP contribution >= 0.6 is 0 Å². The molecular weight excluding hydrogens is 355 g/mol. The number of hydrogen-bond acceptors (Lipinski definition) is 5. The topological polar surface area (TPSA) is 79.5 Å². The van der Waals surface area contributed by atoms with Gasteiger partial charge in [0.15, 0.2) is 0 Å². The van der Waals surface area contributed by atoms with Crippen molar-refractivity contribution in [2.45, 2.75) is 29.8 Å². The average Bonchev–Trinajstić information content (AvgIpc) is 3.03. The minimum atomic E-state index is -4.00. The molecule has 2 aromatic rings. The maximum Gasteiger partial charge on any atom is 0.267 e. The standard InChI is InChI=1S/C18H21FN4O2S/c19-14-4-1-2-6-17(14)26(24,25)23-12-16(18-15(23)5-3-9-21-18)22-10-7-13(20)8-11-22/h1-6,9,13,16H,7-8,10-12,20H2. The number of nitrogens with zero attached hydrogens (tertiary/aromatic N) is 3. The van der Waals surface area contributed by atoms with E-state index < -0.39 is 15.8 Å². The van der Waals surface area contributed by atoms with Gasteiger partial charge in [-0.1, -0.05) is 12.1 Å². The molecular formula is C18H21FN4O2S. The summed E-state index contributed by atoms with van der Waals surface area (Å²) >= 11 is 0. The third-order valence-corrected chi connectivity index (χ3v) is 6.97. The Morgan fingerprint density at radius 3 is 2.58 bits per heavy atom. The number of benzene rings is 1. The number of sulfonamides is 1. The Bertz CT molecular complexity index is 913. The second-order valence-electron chi connectivity index (χ2n) is 6.76. The van der Waals surface area contributed by atoms with Gasteiger partial charge in [-0.25, -0.2) is 12.8 Å². The summed E-state index contributed by atoms with van der Waals surface area (Å²) in [4.78, 5) is 6.36. The van der Waals surface area contributed by atoms with E-state index in [9.17, 15) is 12.8 Å². The first-order valence-electron chi connectivity index (χ1n) is 8.70. The molecule has 1 unspecified atom stereocenters. The first kappa shape index (κ1) is 17.4. The van der Waals surface area contributed by atoms with Crippen LogP contribution < -0.4 is 10.0 Å². The van der Waals surface area contributed by atoms with Crippen molar-refractivity contribution >= 4 is 15.7 Å². The van der Waals surface area contributed by atoms with Gasteiger partial charge in [0.1, 0.15) is 10.7 Å². The first-order chi connectivity index (χ1) is 12.5. The van der Waals surface area contributed by atoms with E-state index in [1.807, 2.05) is 0 Å². The van der Waals surface area contributed by atoms with E-state index in [2.05, 4.69) is 9.88 Å². The number of nitrogens with two attached hydrogens (primary N) is 1. The van der Waals surface area contributed by atoms with Crippen molar-refractivity contribution in [3.8, 4) is 0 Å². The predicted molar refractivity (Wildman–Crippen MR) is 96.7 cm³/mol. The number of hydrogen-bond donors (Lipinski definition) is 1. The van der Waals surface area contributed by atoms with Crippen LogP contribution in [0.5, 0.6) is 0 Å². The molecule has 2 aliphatic heterocycles. The van der Waals surface area contributed by atoms with Crippen molar-refractivity contribution in [1.29, 1.82) is 0 Å². The van der Waals surface area contributed by atoms with Crippen molar-refractivity contribution in [2.75, 3.05) is 23.9 Å². The minimum Gasteiger partial charge on any atom is -0.328 e. The van der Waals surface area contributed by atoms with E-state index in [-0.39, 0.29) is 23.5 Å². The molecule has 2 N–H and O–H groups in total. The summed E-state index contributed by atoms with van der Waals surface area (Å²) in [7, 11) is -4.00. The molecule has 3 heterocycles. The smallest absolute Gasteiger partial charge is 0.267 e. The van der Waals surface area contributed by atoms with Gasteiger partial charge >= 0.3 is 0 Å². The predicted octanol–water partition coefficient (Wildman–Crippen LogP) is 1.89. The van der Waals surface area contributed by atoms with Gasteiger partial charge in [0.25, 0.3) is 10.0 Å². The lowest BCUT2D eigenvalue weighted by atomic mass is 10.0. The molecule has 2 aliphatic rings. The van der Waals surface area contributed by atoms with Crippen LogP contribution in [0.15, 0.2) is 47.5 Å². The van der Waals surface area contributed by atoms with Crippen molar-refractivity contribution in [3.63, 3.8) is 0 Å². The number of aromatic nitrogens is 1. The van der Waals surface area contributed by atoms with Gasteiger partial charge in [-0.2, -0.15) is 0 Å². The molecule has 1 atom stereocenters. The normalized spacial score (nSPS) is 21.8. The lowest BCUT2D eigenvalue weighted by Crippen LogP contribution is -2.43. The number of piperidine rings is 1.